The molecule has 11 heteroatoms. The van der Waals surface area contributed by atoms with Crippen LogP contribution in [0.4, 0.5) is 0 Å². The first-order valence-corrected chi connectivity index (χ1v) is 28.6. The molecule has 1 saturated heterocycles. The fourth-order valence-electron chi connectivity index (χ4n) is 8.32. The van der Waals surface area contributed by atoms with E-state index in [1.807, 2.05) is 72.9 Å². The normalized spacial score (nSPS) is 20.2. The minimum absolute atomic E-state index is 0.0929. The molecular weight excluding hydrogens is 907 g/mol. The monoisotopic (exact) mass is 1010 g/mol. The van der Waals surface area contributed by atoms with Crippen molar-refractivity contribution in [2.75, 3.05) is 13.2 Å². The van der Waals surface area contributed by atoms with E-state index in [1.54, 1.807) is 6.08 Å². The zero-order chi connectivity index (χ0) is 52.5. The van der Waals surface area contributed by atoms with E-state index in [4.69, 9.17) is 14.2 Å². The van der Waals surface area contributed by atoms with E-state index in [1.165, 1.54) is 96.3 Å². The van der Waals surface area contributed by atoms with Crippen LogP contribution in [0.3, 0.4) is 0 Å². The van der Waals surface area contributed by atoms with Crippen molar-refractivity contribution in [3.05, 3.63) is 97.2 Å². The van der Waals surface area contributed by atoms with Crippen molar-refractivity contribution >= 4 is 11.9 Å². The van der Waals surface area contributed by atoms with Crippen LogP contribution in [0.15, 0.2) is 97.2 Å². The number of unbranched alkanes of at least 4 members (excludes halogenated alkanes) is 23. The first-order valence-electron chi connectivity index (χ1n) is 28.6. The lowest BCUT2D eigenvalue weighted by atomic mass is 9.99. The molecule has 1 rings (SSSR count). The van der Waals surface area contributed by atoms with Crippen molar-refractivity contribution in [2.24, 2.45) is 0 Å². The van der Waals surface area contributed by atoms with Gasteiger partial charge < -0.3 is 45.1 Å². The maximum absolute atomic E-state index is 13.4. The molecule has 72 heavy (non-hydrogen) atoms. The van der Waals surface area contributed by atoms with Gasteiger partial charge in [-0.05, 0) is 70.6 Å². The predicted octanol–water partition coefficient (Wildman–Crippen LogP) is 12.8. The molecule has 1 heterocycles. The Hall–Kier alpha value is -3.42. The summed E-state index contributed by atoms with van der Waals surface area (Å²) in [5.74, 6) is -1.26. The summed E-state index contributed by atoms with van der Waals surface area (Å²) in [4.78, 5) is 26.4. The number of aliphatic hydroxyl groups excluding tert-OH is 5. The minimum atomic E-state index is -1.63. The lowest BCUT2D eigenvalue weighted by Gasteiger charge is -2.41. The van der Waals surface area contributed by atoms with Gasteiger partial charge in [-0.1, -0.05) is 234 Å². The Kier molecular flexibility index (Phi) is 44.9. The van der Waals surface area contributed by atoms with Gasteiger partial charge in [0.2, 0.25) is 5.91 Å². The lowest BCUT2D eigenvalue weighted by Crippen LogP contribution is -2.61. The van der Waals surface area contributed by atoms with E-state index in [-0.39, 0.29) is 19.4 Å². The summed E-state index contributed by atoms with van der Waals surface area (Å²) in [5.41, 5.74) is 0. The first kappa shape index (κ1) is 66.6. The molecule has 8 atom stereocenters. The average Bonchev–Trinajstić information content (AvgIpc) is 3.38. The van der Waals surface area contributed by atoms with Crippen LogP contribution in [0, 0.1) is 0 Å². The van der Waals surface area contributed by atoms with Gasteiger partial charge in [0.25, 0.3) is 0 Å². The summed E-state index contributed by atoms with van der Waals surface area (Å²) >= 11 is 0. The number of esters is 1. The third-order valence-electron chi connectivity index (χ3n) is 12.9. The number of nitrogens with one attached hydrogen (secondary N) is 1. The maximum atomic E-state index is 13.4. The molecule has 0 aromatic rings. The number of carbonyl (C=O) groups is 2. The molecule has 1 fully saturated rings. The fraction of sp³-hybridized carbons (Fsp3) is 0.705. The summed E-state index contributed by atoms with van der Waals surface area (Å²) in [7, 11) is 0. The predicted molar refractivity (Wildman–Crippen MR) is 296 cm³/mol. The van der Waals surface area contributed by atoms with Gasteiger partial charge in [0.15, 0.2) is 12.4 Å². The number of ether oxygens (including phenoxy) is 3. The quantitative estimate of drug-likeness (QED) is 0.0149. The van der Waals surface area contributed by atoms with Crippen LogP contribution in [0.5, 0.6) is 0 Å². The Morgan fingerprint density at radius 1 is 0.556 bits per heavy atom. The maximum Gasteiger partial charge on any atom is 0.306 e. The summed E-state index contributed by atoms with van der Waals surface area (Å²) in [6, 6.07) is -1.06. The SMILES string of the molecule is CC\C=C/C=C/C=C/C=C\C=C\C=C\CCCCC(O)C(=O)NC(COC1OC(CO)C(O)C(O)C1OC(=O)CCCCC/C=C\CCCCCCCCC)C(O)/C=C/CCCCCCCCCCCCC. The van der Waals surface area contributed by atoms with Crippen LogP contribution in [0.1, 0.15) is 213 Å². The largest absolute Gasteiger partial charge is 0.454 e. The van der Waals surface area contributed by atoms with Crippen LogP contribution >= 0.6 is 0 Å². The molecular formula is C61H103NO10. The second kappa shape index (κ2) is 48.5. The molecule has 0 aromatic carbocycles. The van der Waals surface area contributed by atoms with Gasteiger partial charge in [-0.15, -0.1) is 0 Å². The van der Waals surface area contributed by atoms with Gasteiger partial charge in [-0.3, -0.25) is 9.59 Å². The molecule has 11 nitrogen and oxygen atoms in total. The third kappa shape index (κ3) is 36.5. The van der Waals surface area contributed by atoms with Crippen LogP contribution in [0.25, 0.3) is 0 Å². The van der Waals surface area contributed by atoms with Crippen molar-refractivity contribution in [3.8, 4) is 0 Å². The number of rotatable bonds is 46. The van der Waals surface area contributed by atoms with Gasteiger partial charge in [-0.25, -0.2) is 0 Å². The Morgan fingerprint density at radius 2 is 1.01 bits per heavy atom. The van der Waals surface area contributed by atoms with Crippen molar-refractivity contribution < 1.29 is 49.3 Å². The Morgan fingerprint density at radius 3 is 1.54 bits per heavy atom. The molecule has 1 aliphatic heterocycles. The number of aliphatic hydroxyl groups is 5. The van der Waals surface area contributed by atoms with Crippen LogP contribution in [0.2, 0.25) is 0 Å². The number of amides is 1. The van der Waals surface area contributed by atoms with E-state index in [2.05, 4.69) is 44.3 Å². The Balaban J connectivity index is 2.81. The molecule has 412 valence electrons. The Bertz CT molecular complexity index is 1530. The van der Waals surface area contributed by atoms with Gasteiger partial charge in [-0.2, -0.15) is 0 Å². The van der Waals surface area contributed by atoms with E-state index in [0.717, 1.165) is 70.6 Å². The average molecular weight is 1010 g/mol. The highest BCUT2D eigenvalue weighted by Gasteiger charge is 2.47. The summed E-state index contributed by atoms with van der Waals surface area (Å²) < 4.78 is 17.5. The standard InChI is InChI=1S/C61H103NO10/c1-4-7-10-13-16-19-22-25-27-28-30-33-36-39-42-45-48-54(65)60(69)62-52(53(64)47-44-41-38-35-32-29-24-21-18-15-12-9-6-3)51-70-61-59(58(68)57(67)55(50-63)71-61)72-56(66)49-46-43-40-37-34-31-26-23-20-17-14-11-8-5-2/h7,10,13,16,19,22,25,27-28,30-31,33-34,36,44,47,52-55,57-59,61,63-65,67-68H,4-6,8-9,11-12,14-15,17-18,20-21,23-24,26,29,32,35,37-43,45-46,48-51H2,1-3H3,(H,62,69)/b10-7-,16-13+,22-19+,27-25-,30-28+,34-31-,36-33+,47-44+. The fourth-order valence-corrected chi connectivity index (χ4v) is 8.32. The van der Waals surface area contributed by atoms with Gasteiger partial charge >= 0.3 is 5.97 Å². The van der Waals surface area contributed by atoms with Crippen molar-refractivity contribution in [3.63, 3.8) is 0 Å². The van der Waals surface area contributed by atoms with Crippen molar-refractivity contribution in [1.29, 1.82) is 0 Å². The summed E-state index contributed by atoms with van der Waals surface area (Å²) in [6.07, 6.45) is 53.0. The highest BCUT2D eigenvalue weighted by atomic mass is 16.7. The molecule has 0 spiro atoms. The smallest absolute Gasteiger partial charge is 0.306 e. The lowest BCUT2D eigenvalue weighted by molar-refractivity contribution is -0.305. The zero-order valence-corrected chi connectivity index (χ0v) is 45.3. The highest BCUT2D eigenvalue weighted by molar-refractivity contribution is 5.80. The number of carbonyl (C=O) groups excluding carboxylic acids is 2. The van der Waals surface area contributed by atoms with E-state index < -0.39 is 67.4 Å². The highest BCUT2D eigenvalue weighted by Crippen LogP contribution is 2.26. The van der Waals surface area contributed by atoms with Gasteiger partial charge in [0, 0.05) is 6.42 Å². The molecule has 0 bridgehead atoms. The van der Waals surface area contributed by atoms with Crippen LogP contribution in [-0.4, -0.2) is 99.6 Å². The second-order valence-electron chi connectivity index (χ2n) is 19.4. The minimum Gasteiger partial charge on any atom is -0.454 e. The number of hydrogen-bond donors (Lipinski definition) is 6. The van der Waals surface area contributed by atoms with Crippen LogP contribution < -0.4 is 5.32 Å². The van der Waals surface area contributed by atoms with E-state index >= 15 is 0 Å². The molecule has 1 aliphatic rings. The molecule has 0 aliphatic carbocycles. The molecule has 0 aromatic heterocycles. The van der Waals surface area contributed by atoms with E-state index in [9.17, 15) is 35.1 Å². The van der Waals surface area contributed by atoms with Crippen molar-refractivity contribution in [1.82, 2.24) is 5.32 Å². The first-order chi connectivity index (χ1) is 35.2. The van der Waals surface area contributed by atoms with Crippen LogP contribution in [-0.2, 0) is 23.8 Å². The number of hydrogen-bond acceptors (Lipinski definition) is 10. The molecule has 1 amide bonds. The number of allylic oxidation sites excluding steroid dienone is 15. The third-order valence-corrected chi connectivity index (χ3v) is 12.9. The van der Waals surface area contributed by atoms with E-state index in [0.29, 0.717) is 12.8 Å². The van der Waals surface area contributed by atoms with Gasteiger partial charge in [0.1, 0.15) is 24.4 Å². The summed E-state index contributed by atoms with van der Waals surface area (Å²) in [5, 5.41) is 56.8. The summed E-state index contributed by atoms with van der Waals surface area (Å²) in [6.45, 7) is 5.58. The van der Waals surface area contributed by atoms with Gasteiger partial charge in [0.05, 0.1) is 25.4 Å². The topological polar surface area (TPSA) is 175 Å². The molecule has 6 N–H and O–H groups in total. The zero-order valence-electron chi connectivity index (χ0n) is 45.3. The molecule has 8 unspecified atom stereocenters. The second-order valence-corrected chi connectivity index (χ2v) is 19.4. The Labute approximate surface area is 437 Å². The molecule has 0 saturated carbocycles. The van der Waals surface area contributed by atoms with Crippen molar-refractivity contribution in [2.45, 2.75) is 262 Å². The molecule has 0 radical (unpaired) electrons.